The lowest BCUT2D eigenvalue weighted by atomic mass is 10.00. The van der Waals surface area contributed by atoms with Crippen molar-refractivity contribution in [1.29, 1.82) is 0 Å². The molecule has 40 heavy (non-hydrogen) atoms. The molecule has 3 aromatic carbocycles. The molecule has 0 aromatic heterocycles. The molecule has 2 aliphatic heterocycles. The number of hydrogen-bond acceptors (Lipinski definition) is 4. The van der Waals surface area contributed by atoms with Crippen LogP contribution in [-0.4, -0.2) is 69.5 Å². The first kappa shape index (κ1) is 27.1. The third-order valence-electron chi connectivity index (χ3n) is 7.23. The molecule has 0 unspecified atom stereocenters. The van der Waals surface area contributed by atoms with Crippen LogP contribution in [0.2, 0.25) is 0 Å². The summed E-state index contributed by atoms with van der Waals surface area (Å²) < 4.78 is 14.0. The number of hydrazine groups is 1. The summed E-state index contributed by atoms with van der Waals surface area (Å²) >= 11 is 0. The molecule has 3 aromatic rings. The second-order valence-corrected chi connectivity index (χ2v) is 9.95. The highest BCUT2D eigenvalue weighted by Crippen LogP contribution is 2.30. The first-order valence-corrected chi connectivity index (χ1v) is 13.3. The number of urea groups is 1. The molecule has 2 fully saturated rings. The first-order chi connectivity index (χ1) is 19.4. The highest BCUT2D eigenvalue weighted by Gasteiger charge is 2.52. The van der Waals surface area contributed by atoms with Gasteiger partial charge in [0.2, 0.25) is 11.8 Å². The number of carbonyl (C=O) groups excluding carboxylic acids is 3. The molecule has 2 heterocycles. The predicted octanol–water partition coefficient (Wildman–Crippen LogP) is 3.56. The minimum atomic E-state index is -0.759. The highest BCUT2D eigenvalue weighted by atomic mass is 19.1. The number of fused-ring (bicyclic) bond motifs is 1. The maximum absolute atomic E-state index is 14.0. The van der Waals surface area contributed by atoms with Gasteiger partial charge in [-0.05, 0) is 28.8 Å². The van der Waals surface area contributed by atoms with Crippen molar-refractivity contribution in [3.8, 4) is 0 Å². The van der Waals surface area contributed by atoms with E-state index in [0.29, 0.717) is 18.5 Å². The smallest absolute Gasteiger partial charge is 0.332 e. The van der Waals surface area contributed by atoms with E-state index in [4.69, 9.17) is 0 Å². The van der Waals surface area contributed by atoms with Crippen molar-refractivity contribution in [2.45, 2.75) is 31.7 Å². The molecule has 8 nitrogen and oxygen atoms in total. The number of amides is 4. The lowest BCUT2D eigenvalue weighted by molar-refractivity contribution is -0.157. The Hall–Kier alpha value is -4.50. The number of carbonyl (C=O) groups is 3. The van der Waals surface area contributed by atoms with Gasteiger partial charge in [0.25, 0.3) is 0 Å². The lowest BCUT2D eigenvalue weighted by Gasteiger charge is -2.46. The van der Waals surface area contributed by atoms with E-state index in [1.807, 2.05) is 60.7 Å². The third-order valence-corrected chi connectivity index (χ3v) is 7.23. The van der Waals surface area contributed by atoms with Crippen molar-refractivity contribution < 1.29 is 18.8 Å². The molecular weight excluding hydrogens is 509 g/mol. The quantitative estimate of drug-likeness (QED) is 0.421. The Balaban J connectivity index is 1.43. The van der Waals surface area contributed by atoms with Crippen molar-refractivity contribution in [2.24, 2.45) is 0 Å². The van der Waals surface area contributed by atoms with E-state index >= 15 is 0 Å². The van der Waals surface area contributed by atoms with Crippen molar-refractivity contribution in [2.75, 3.05) is 19.6 Å². The van der Waals surface area contributed by atoms with Gasteiger partial charge in [-0.3, -0.25) is 14.6 Å². The summed E-state index contributed by atoms with van der Waals surface area (Å²) in [5.41, 5.74) is 2.52. The van der Waals surface area contributed by atoms with Gasteiger partial charge in [0.1, 0.15) is 18.0 Å². The summed E-state index contributed by atoms with van der Waals surface area (Å²) in [5.74, 6) is -0.813. The zero-order valence-corrected chi connectivity index (χ0v) is 22.2. The van der Waals surface area contributed by atoms with Crippen LogP contribution in [0.3, 0.4) is 0 Å². The van der Waals surface area contributed by atoms with Crippen LogP contribution in [0.15, 0.2) is 97.6 Å². The van der Waals surface area contributed by atoms with Crippen LogP contribution in [0, 0.1) is 5.82 Å². The standard InChI is InChI=1S/C31H32FN5O3/c1-2-16-35(31(40)33-19-24-12-7-4-8-13-24)36-22-29(38)37-27(18-23-10-5-3-6-11-23)30(39)34(21-28(36)37)20-25-14-9-15-26(32)17-25/h2-15,17,27-28H,1,16,18-22H2,(H,33,40)/t27-,28+/m0/s1. The Morgan fingerprint density at radius 1 is 0.975 bits per heavy atom. The molecule has 0 radical (unpaired) electrons. The van der Waals surface area contributed by atoms with E-state index in [-0.39, 0.29) is 49.8 Å². The number of hydrogen-bond donors (Lipinski definition) is 1. The molecule has 0 aliphatic carbocycles. The SMILES string of the molecule is C=CCN(C(=O)NCc1ccccc1)N1CC(=O)N2[C@@H](Cc3ccccc3)C(=O)N(Cc3cccc(F)c3)C[C@@H]21. The molecule has 2 aliphatic rings. The normalized spacial score (nSPS) is 18.9. The summed E-state index contributed by atoms with van der Waals surface area (Å²) in [6, 6.07) is 24.1. The van der Waals surface area contributed by atoms with Gasteiger partial charge >= 0.3 is 6.03 Å². The van der Waals surface area contributed by atoms with Crippen LogP contribution in [0.5, 0.6) is 0 Å². The lowest BCUT2D eigenvalue weighted by Crippen LogP contribution is -2.66. The first-order valence-electron chi connectivity index (χ1n) is 13.3. The number of nitrogens with zero attached hydrogens (tertiary/aromatic N) is 4. The van der Waals surface area contributed by atoms with E-state index in [9.17, 15) is 18.8 Å². The van der Waals surface area contributed by atoms with Crippen molar-refractivity contribution in [3.05, 3.63) is 120 Å². The van der Waals surface area contributed by atoms with Crippen molar-refractivity contribution in [1.82, 2.24) is 25.1 Å². The monoisotopic (exact) mass is 541 g/mol. The fourth-order valence-corrected chi connectivity index (χ4v) is 5.37. The maximum Gasteiger partial charge on any atom is 0.332 e. The van der Waals surface area contributed by atoms with Crippen LogP contribution in [0.25, 0.3) is 0 Å². The Morgan fingerprint density at radius 3 is 2.33 bits per heavy atom. The van der Waals surface area contributed by atoms with Gasteiger partial charge < -0.3 is 15.1 Å². The zero-order chi connectivity index (χ0) is 28.1. The predicted molar refractivity (Wildman–Crippen MR) is 149 cm³/mol. The highest BCUT2D eigenvalue weighted by molar-refractivity contribution is 5.91. The molecule has 5 rings (SSSR count). The maximum atomic E-state index is 14.0. The van der Waals surface area contributed by atoms with Crippen molar-refractivity contribution in [3.63, 3.8) is 0 Å². The van der Waals surface area contributed by atoms with E-state index < -0.39 is 12.2 Å². The Kier molecular flexibility index (Phi) is 8.21. The fourth-order valence-electron chi connectivity index (χ4n) is 5.37. The van der Waals surface area contributed by atoms with Gasteiger partial charge in [-0.1, -0.05) is 78.9 Å². The van der Waals surface area contributed by atoms with Gasteiger partial charge in [-0.2, -0.15) is 5.01 Å². The molecule has 1 N–H and O–H groups in total. The molecule has 206 valence electrons. The second kappa shape index (κ2) is 12.1. The van der Waals surface area contributed by atoms with Crippen LogP contribution >= 0.6 is 0 Å². The molecule has 0 spiro atoms. The minimum Gasteiger partial charge on any atom is -0.333 e. The second-order valence-electron chi connectivity index (χ2n) is 9.95. The average molecular weight is 542 g/mol. The van der Waals surface area contributed by atoms with Crippen LogP contribution < -0.4 is 5.32 Å². The number of nitrogens with one attached hydrogen (secondary N) is 1. The van der Waals surface area contributed by atoms with E-state index in [1.54, 1.807) is 33.0 Å². The van der Waals surface area contributed by atoms with E-state index in [0.717, 1.165) is 11.1 Å². The van der Waals surface area contributed by atoms with Crippen LogP contribution in [-0.2, 0) is 29.1 Å². The molecule has 9 heteroatoms. The van der Waals surface area contributed by atoms with E-state index in [2.05, 4.69) is 11.9 Å². The van der Waals surface area contributed by atoms with Gasteiger partial charge in [0.15, 0.2) is 0 Å². The summed E-state index contributed by atoms with van der Waals surface area (Å²) in [6.07, 6.45) is 1.36. The Bertz CT molecular complexity index is 1370. The zero-order valence-electron chi connectivity index (χ0n) is 22.2. The minimum absolute atomic E-state index is 0.0519. The van der Waals surface area contributed by atoms with Gasteiger partial charge in [0.05, 0.1) is 19.6 Å². The van der Waals surface area contributed by atoms with Gasteiger partial charge in [0, 0.05) is 19.5 Å². The van der Waals surface area contributed by atoms with Gasteiger partial charge in [-0.25, -0.2) is 9.18 Å². The number of rotatable bonds is 9. The Morgan fingerprint density at radius 2 is 1.65 bits per heavy atom. The Labute approximate surface area is 233 Å². The summed E-state index contributed by atoms with van der Waals surface area (Å²) in [4.78, 5) is 43.9. The third kappa shape index (κ3) is 5.89. The summed E-state index contributed by atoms with van der Waals surface area (Å²) in [7, 11) is 0. The molecule has 2 atom stereocenters. The molecule has 4 amide bonds. The van der Waals surface area contributed by atoms with E-state index in [1.165, 1.54) is 17.1 Å². The molecule has 0 bridgehead atoms. The summed E-state index contributed by atoms with van der Waals surface area (Å²) in [5, 5.41) is 6.13. The molecule has 0 saturated carbocycles. The van der Waals surface area contributed by atoms with Crippen molar-refractivity contribution >= 4 is 17.8 Å². The number of benzene rings is 3. The number of halogens is 1. The molecule has 2 saturated heterocycles. The topological polar surface area (TPSA) is 76.2 Å². The van der Waals surface area contributed by atoms with Crippen LogP contribution in [0.4, 0.5) is 9.18 Å². The fraction of sp³-hybridized carbons (Fsp3) is 0.258. The van der Waals surface area contributed by atoms with Crippen LogP contribution in [0.1, 0.15) is 16.7 Å². The van der Waals surface area contributed by atoms with Gasteiger partial charge in [-0.15, -0.1) is 6.58 Å². The largest absolute Gasteiger partial charge is 0.333 e. The number of piperazine rings is 1. The summed E-state index contributed by atoms with van der Waals surface area (Å²) in [6.45, 7) is 4.63. The average Bonchev–Trinajstić information content (AvgIpc) is 3.29. The molecular formula is C31H32FN5O3.